The largest absolute Gasteiger partial charge is 0.402 e. The van der Waals surface area contributed by atoms with Crippen molar-refractivity contribution in [3.63, 3.8) is 0 Å². The monoisotopic (exact) mass is 140 g/mol. The van der Waals surface area contributed by atoms with Gasteiger partial charge in [0.25, 0.3) is 0 Å². The number of allylic oxidation sites excluding steroid dienone is 1. The van der Waals surface area contributed by atoms with Gasteiger partial charge in [0.05, 0.1) is 0 Å². The van der Waals surface area contributed by atoms with E-state index in [1.54, 1.807) is 6.92 Å². The number of hydrogen-bond acceptors (Lipinski definition) is 2. The van der Waals surface area contributed by atoms with Crippen molar-refractivity contribution >= 4 is 5.91 Å². The van der Waals surface area contributed by atoms with E-state index in [9.17, 15) is 4.79 Å². The van der Waals surface area contributed by atoms with Gasteiger partial charge < -0.3 is 11.1 Å². The van der Waals surface area contributed by atoms with Crippen molar-refractivity contribution in [3.8, 4) is 0 Å². The maximum Gasteiger partial charge on any atom is 0.245 e. The molecule has 1 aliphatic carbocycles. The number of carbonyl (C=O) groups is 1. The summed E-state index contributed by atoms with van der Waals surface area (Å²) in [7, 11) is 0. The second-order valence-electron chi connectivity index (χ2n) is 2.67. The minimum Gasteiger partial charge on any atom is -0.402 e. The zero-order valence-corrected chi connectivity index (χ0v) is 6.05. The number of carbonyl (C=O) groups excluding carboxylic acids is 1. The van der Waals surface area contributed by atoms with Crippen molar-refractivity contribution in [2.75, 3.05) is 0 Å². The van der Waals surface area contributed by atoms with Crippen LogP contribution in [-0.4, -0.2) is 11.9 Å². The lowest BCUT2D eigenvalue weighted by Gasteiger charge is -1.96. The molecule has 3 N–H and O–H groups in total. The van der Waals surface area contributed by atoms with Gasteiger partial charge in [0, 0.05) is 17.8 Å². The van der Waals surface area contributed by atoms with Gasteiger partial charge in [-0.05, 0) is 19.8 Å². The van der Waals surface area contributed by atoms with Crippen molar-refractivity contribution in [1.82, 2.24) is 5.32 Å². The molecule has 3 heteroatoms. The summed E-state index contributed by atoms with van der Waals surface area (Å²) in [5.41, 5.74) is 5.84. The smallest absolute Gasteiger partial charge is 0.245 e. The van der Waals surface area contributed by atoms with Crippen molar-refractivity contribution in [3.05, 3.63) is 11.8 Å². The molecule has 0 aromatic rings. The third-order valence-electron chi connectivity index (χ3n) is 1.28. The lowest BCUT2D eigenvalue weighted by atomic mass is 10.4. The van der Waals surface area contributed by atoms with Gasteiger partial charge in [-0.2, -0.15) is 0 Å². The van der Waals surface area contributed by atoms with Gasteiger partial charge in [-0.3, -0.25) is 4.79 Å². The Morgan fingerprint density at radius 1 is 1.70 bits per heavy atom. The molecule has 1 rings (SSSR count). The molecule has 10 heavy (non-hydrogen) atoms. The van der Waals surface area contributed by atoms with Crippen LogP contribution in [0.5, 0.6) is 0 Å². The van der Waals surface area contributed by atoms with Gasteiger partial charge in [0.2, 0.25) is 5.91 Å². The molecule has 0 atom stereocenters. The fourth-order valence-electron chi connectivity index (χ4n) is 0.677. The molecule has 0 bridgehead atoms. The first kappa shape index (κ1) is 7.12. The zero-order valence-electron chi connectivity index (χ0n) is 6.05. The van der Waals surface area contributed by atoms with E-state index in [4.69, 9.17) is 5.73 Å². The fourth-order valence-corrected chi connectivity index (χ4v) is 0.677. The second kappa shape index (κ2) is 2.73. The highest BCUT2D eigenvalue weighted by molar-refractivity contribution is 5.88. The van der Waals surface area contributed by atoms with Crippen LogP contribution in [0.2, 0.25) is 0 Å². The van der Waals surface area contributed by atoms with E-state index >= 15 is 0 Å². The summed E-state index contributed by atoms with van der Waals surface area (Å²) in [5, 5.41) is 2.79. The molecule has 56 valence electrons. The Morgan fingerprint density at radius 3 is 2.70 bits per heavy atom. The summed E-state index contributed by atoms with van der Waals surface area (Å²) in [6.07, 6.45) is 3.64. The Kier molecular flexibility index (Phi) is 1.94. The van der Waals surface area contributed by atoms with E-state index in [2.05, 4.69) is 5.32 Å². The van der Waals surface area contributed by atoms with Crippen molar-refractivity contribution < 1.29 is 4.79 Å². The van der Waals surface area contributed by atoms with Crippen LogP contribution in [0.15, 0.2) is 11.8 Å². The van der Waals surface area contributed by atoms with Gasteiger partial charge in [-0.1, -0.05) is 0 Å². The molecule has 0 radical (unpaired) electrons. The van der Waals surface area contributed by atoms with Crippen LogP contribution >= 0.6 is 0 Å². The van der Waals surface area contributed by atoms with Crippen LogP contribution in [0.4, 0.5) is 0 Å². The molecule has 0 aliphatic heterocycles. The van der Waals surface area contributed by atoms with E-state index in [-0.39, 0.29) is 5.91 Å². The average Bonchev–Trinajstić information content (AvgIpc) is 2.46. The summed E-state index contributed by atoms with van der Waals surface area (Å²) in [6, 6.07) is 0.420. The molecular weight excluding hydrogens is 128 g/mol. The zero-order chi connectivity index (χ0) is 7.56. The summed E-state index contributed by atoms with van der Waals surface area (Å²) in [4.78, 5) is 10.8. The minimum absolute atomic E-state index is 0.0671. The van der Waals surface area contributed by atoms with E-state index in [1.165, 1.54) is 6.08 Å². The summed E-state index contributed by atoms with van der Waals surface area (Å²) < 4.78 is 0. The SMILES string of the molecule is CC(N)=CC(=O)NC1CC1. The third-order valence-corrected chi connectivity index (χ3v) is 1.28. The highest BCUT2D eigenvalue weighted by Crippen LogP contribution is 2.18. The molecule has 0 aromatic heterocycles. The first-order valence-electron chi connectivity index (χ1n) is 3.43. The van der Waals surface area contributed by atoms with Crippen molar-refractivity contribution in [1.29, 1.82) is 0 Å². The molecule has 0 unspecified atom stereocenters. The molecule has 1 fully saturated rings. The van der Waals surface area contributed by atoms with Crippen LogP contribution in [-0.2, 0) is 4.79 Å². The van der Waals surface area contributed by atoms with Crippen LogP contribution in [0.3, 0.4) is 0 Å². The molecule has 0 saturated heterocycles. The number of hydrogen-bond donors (Lipinski definition) is 2. The highest BCUT2D eigenvalue weighted by Gasteiger charge is 2.22. The highest BCUT2D eigenvalue weighted by atomic mass is 16.1. The van der Waals surface area contributed by atoms with Gasteiger partial charge in [0.15, 0.2) is 0 Å². The predicted octanol–water partition coefficient (Wildman–Crippen LogP) is 0.127. The summed E-state index contributed by atoms with van der Waals surface area (Å²) in [5.74, 6) is -0.0671. The Balaban J connectivity index is 2.26. The maximum absolute atomic E-state index is 10.8. The van der Waals surface area contributed by atoms with Crippen LogP contribution in [0.25, 0.3) is 0 Å². The van der Waals surface area contributed by atoms with E-state index in [0.717, 1.165) is 12.8 Å². The molecule has 0 heterocycles. The Labute approximate surface area is 60.3 Å². The standard InChI is InChI=1S/C7H12N2O/c1-5(8)4-7(10)9-6-2-3-6/h4,6H,2-3,8H2,1H3,(H,9,10). The molecule has 1 aliphatic rings. The first-order chi connectivity index (χ1) is 4.68. The van der Waals surface area contributed by atoms with Crippen LogP contribution in [0, 0.1) is 0 Å². The van der Waals surface area contributed by atoms with Crippen LogP contribution in [0.1, 0.15) is 19.8 Å². The lowest BCUT2D eigenvalue weighted by Crippen LogP contribution is -2.23. The molecule has 1 saturated carbocycles. The second-order valence-corrected chi connectivity index (χ2v) is 2.67. The average molecular weight is 140 g/mol. The molecule has 3 nitrogen and oxygen atoms in total. The Morgan fingerprint density at radius 2 is 2.30 bits per heavy atom. The molecule has 0 spiro atoms. The molecule has 1 amide bonds. The number of nitrogens with two attached hydrogens (primary N) is 1. The Bertz CT molecular complexity index is 166. The minimum atomic E-state index is -0.0671. The van der Waals surface area contributed by atoms with Crippen molar-refractivity contribution in [2.24, 2.45) is 5.73 Å². The van der Waals surface area contributed by atoms with Crippen molar-refractivity contribution in [2.45, 2.75) is 25.8 Å². The maximum atomic E-state index is 10.8. The number of amides is 1. The van der Waals surface area contributed by atoms with Gasteiger partial charge >= 0.3 is 0 Å². The quantitative estimate of drug-likeness (QED) is 0.535. The molecule has 0 aromatic carbocycles. The number of nitrogens with one attached hydrogen (secondary N) is 1. The number of rotatable bonds is 2. The first-order valence-corrected chi connectivity index (χ1v) is 3.43. The van der Waals surface area contributed by atoms with Gasteiger partial charge in [-0.25, -0.2) is 0 Å². The molecular formula is C7H12N2O. The van der Waals surface area contributed by atoms with E-state index < -0.39 is 0 Å². The topological polar surface area (TPSA) is 55.1 Å². The van der Waals surface area contributed by atoms with Gasteiger partial charge in [-0.15, -0.1) is 0 Å². The normalized spacial score (nSPS) is 18.7. The predicted molar refractivity (Wildman–Crippen MR) is 39.1 cm³/mol. The Hall–Kier alpha value is -0.990. The van der Waals surface area contributed by atoms with E-state index in [0.29, 0.717) is 11.7 Å². The van der Waals surface area contributed by atoms with Gasteiger partial charge in [0.1, 0.15) is 0 Å². The fraction of sp³-hybridized carbons (Fsp3) is 0.571. The van der Waals surface area contributed by atoms with Crippen LogP contribution < -0.4 is 11.1 Å². The lowest BCUT2D eigenvalue weighted by molar-refractivity contribution is -0.116. The summed E-state index contributed by atoms with van der Waals surface area (Å²) >= 11 is 0. The summed E-state index contributed by atoms with van der Waals surface area (Å²) in [6.45, 7) is 1.70. The van der Waals surface area contributed by atoms with E-state index in [1.807, 2.05) is 0 Å². The third kappa shape index (κ3) is 2.53.